The fourth-order valence-electron chi connectivity index (χ4n) is 5.11. The number of fused-ring (bicyclic) bond motifs is 3. The third-order valence-electron chi connectivity index (χ3n) is 7.03. The zero-order chi connectivity index (χ0) is 23.0. The molecule has 2 aromatic rings. The van der Waals surface area contributed by atoms with Crippen LogP contribution in [0.3, 0.4) is 0 Å². The van der Waals surface area contributed by atoms with E-state index >= 15 is 0 Å². The molecule has 1 amide bonds. The number of nitrogens with zero attached hydrogens (tertiary/aromatic N) is 4. The van der Waals surface area contributed by atoms with Gasteiger partial charge in [-0.05, 0) is 43.8 Å². The Morgan fingerprint density at radius 1 is 1.18 bits per heavy atom. The molecular weight excluding hydrogens is 432 g/mol. The van der Waals surface area contributed by atoms with Gasteiger partial charge in [-0.25, -0.2) is 0 Å². The maximum absolute atomic E-state index is 13.5. The van der Waals surface area contributed by atoms with Crippen LogP contribution in [0.25, 0.3) is 11.3 Å². The van der Waals surface area contributed by atoms with Crippen molar-refractivity contribution in [3.05, 3.63) is 35.5 Å². The number of carbonyl (C=O) groups is 1. The number of benzene rings is 1. The van der Waals surface area contributed by atoms with Gasteiger partial charge in [0.1, 0.15) is 0 Å². The highest BCUT2D eigenvalue weighted by molar-refractivity contribution is 7.98. The molecule has 0 spiro atoms. The fourth-order valence-corrected chi connectivity index (χ4v) is 6.18. The standard InChI is InChI=1S/C26H36N4O2S/c1-26(2,3)10-12-28-11-6-7-19(17-28)30-24-20-8-4-5-9-22(20)33-18-21(24)23(27-30)25(31)29-13-15-32-16-14-29/h4-5,8-9,19H,6-7,10-18H2,1-3H3. The van der Waals surface area contributed by atoms with Gasteiger partial charge in [0.15, 0.2) is 5.69 Å². The molecule has 0 N–H and O–H groups in total. The van der Waals surface area contributed by atoms with E-state index in [1.165, 1.54) is 29.0 Å². The van der Waals surface area contributed by atoms with Crippen LogP contribution in [0.5, 0.6) is 0 Å². The molecule has 1 atom stereocenters. The Balaban J connectivity index is 1.49. The number of rotatable bonds is 4. The molecule has 7 heteroatoms. The number of morpholine rings is 1. The molecule has 5 rings (SSSR count). The quantitative estimate of drug-likeness (QED) is 0.651. The summed E-state index contributed by atoms with van der Waals surface area (Å²) in [4.78, 5) is 19.3. The fraction of sp³-hybridized carbons (Fsp3) is 0.615. The minimum absolute atomic E-state index is 0.0636. The van der Waals surface area contributed by atoms with Crippen molar-refractivity contribution in [1.29, 1.82) is 0 Å². The second-order valence-electron chi connectivity index (χ2n) is 10.7. The highest BCUT2D eigenvalue weighted by Crippen LogP contribution is 2.44. The summed E-state index contributed by atoms with van der Waals surface area (Å²) in [5.41, 5.74) is 4.50. The Morgan fingerprint density at radius 3 is 2.76 bits per heavy atom. The van der Waals surface area contributed by atoms with Gasteiger partial charge in [-0.1, -0.05) is 39.0 Å². The summed E-state index contributed by atoms with van der Waals surface area (Å²) in [5.74, 6) is 0.867. The highest BCUT2D eigenvalue weighted by Gasteiger charge is 2.34. The van der Waals surface area contributed by atoms with Crippen molar-refractivity contribution in [2.24, 2.45) is 5.41 Å². The smallest absolute Gasteiger partial charge is 0.274 e. The van der Waals surface area contributed by atoms with E-state index < -0.39 is 0 Å². The van der Waals surface area contributed by atoms with Crippen LogP contribution in [0, 0.1) is 5.41 Å². The van der Waals surface area contributed by atoms with Gasteiger partial charge < -0.3 is 14.5 Å². The van der Waals surface area contributed by atoms with Gasteiger partial charge in [0.05, 0.1) is 24.9 Å². The molecule has 0 radical (unpaired) electrons. The molecule has 1 aromatic carbocycles. The lowest BCUT2D eigenvalue weighted by atomic mass is 9.91. The number of carbonyl (C=O) groups excluding carboxylic acids is 1. The second kappa shape index (κ2) is 9.43. The first-order chi connectivity index (χ1) is 15.9. The number of piperidine rings is 1. The van der Waals surface area contributed by atoms with Gasteiger partial charge in [-0.2, -0.15) is 5.10 Å². The molecule has 178 valence electrons. The molecule has 0 bridgehead atoms. The third-order valence-corrected chi connectivity index (χ3v) is 8.13. The average Bonchev–Trinajstić information content (AvgIpc) is 3.23. The van der Waals surface area contributed by atoms with Gasteiger partial charge in [0.2, 0.25) is 0 Å². The van der Waals surface area contributed by atoms with Gasteiger partial charge in [-0.3, -0.25) is 9.48 Å². The van der Waals surface area contributed by atoms with Crippen LogP contribution < -0.4 is 0 Å². The summed E-state index contributed by atoms with van der Waals surface area (Å²) in [6, 6.07) is 8.90. The maximum Gasteiger partial charge on any atom is 0.274 e. The molecule has 6 nitrogen and oxygen atoms in total. The lowest BCUT2D eigenvalue weighted by Gasteiger charge is -2.35. The molecule has 3 aliphatic rings. The molecule has 1 unspecified atom stereocenters. The van der Waals surface area contributed by atoms with Crippen LogP contribution in [0.4, 0.5) is 0 Å². The van der Waals surface area contributed by atoms with Crippen LogP contribution >= 0.6 is 11.8 Å². The number of thioether (sulfide) groups is 1. The highest BCUT2D eigenvalue weighted by atomic mass is 32.2. The van der Waals surface area contributed by atoms with Crippen molar-refractivity contribution >= 4 is 17.7 Å². The summed E-state index contributed by atoms with van der Waals surface area (Å²) >= 11 is 1.82. The van der Waals surface area contributed by atoms with E-state index in [1.807, 2.05) is 16.7 Å². The Kier molecular flexibility index (Phi) is 6.56. The first kappa shape index (κ1) is 22.9. The van der Waals surface area contributed by atoms with Crippen molar-refractivity contribution in [2.45, 2.75) is 56.7 Å². The normalized spacial score (nSPS) is 21.5. The topological polar surface area (TPSA) is 50.6 Å². The number of amides is 1. The van der Waals surface area contributed by atoms with Crippen LogP contribution in [0.2, 0.25) is 0 Å². The average molecular weight is 469 g/mol. The van der Waals surface area contributed by atoms with Crippen LogP contribution in [0.1, 0.15) is 62.1 Å². The van der Waals surface area contributed by atoms with Gasteiger partial charge in [-0.15, -0.1) is 11.8 Å². The number of likely N-dealkylation sites (tertiary alicyclic amines) is 1. The van der Waals surface area contributed by atoms with Crippen molar-refractivity contribution in [2.75, 3.05) is 45.9 Å². The predicted molar refractivity (Wildman–Crippen MR) is 133 cm³/mol. The molecule has 0 aliphatic carbocycles. The summed E-state index contributed by atoms with van der Waals surface area (Å²) < 4.78 is 7.70. The molecular formula is C26H36N4O2S. The van der Waals surface area contributed by atoms with E-state index in [2.05, 4.69) is 54.6 Å². The van der Waals surface area contributed by atoms with Crippen molar-refractivity contribution in [1.82, 2.24) is 19.6 Å². The molecule has 4 heterocycles. The van der Waals surface area contributed by atoms with E-state index in [0.29, 0.717) is 43.5 Å². The van der Waals surface area contributed by atoms with Crippen LogP contribution in [-0.2, 0) is 10.5 Å². The molecule has 1 aromatic heterocycles. The van der Waals surface area contributed by atoms with E-state index in [9.17, 15) is 4.79 Å². The zero-order valence-corrected chi connectivity index (χ0v) is 21.0. The molecule has 0 saturated carbocycles. The number of hydrogen-bond donors (Lipinski definition) is 0. The first-order valence-corrected chi connectivity index (χ1v) is 13.3. The van der Waals surface area contributed by atoms with E-state index in [-0.39, 0.29) is 5.91 Å². The Bertz CT molecular complexity index is 1010. The number of hydrogen-bond acceptors (Lipinski definition) is 5. The summed E-state index contributed by atoms with van der Waals surface area (Å²) in [5, 5.41) is 5.08. The zero-order valence-electron chi connectivity index (χ0n) is 20.2. The van der Waals surface area contributed by atoms with Gasteiger partial charge >= 0.3 is 0 Å². The lowest BCUT2D eigenvalue weighted by molar-refractivity contribution is 0.0297. The van der Waals surface area contributed by atoms with E-state index in [0.717, 1.165) is 37.4 Å². The van der Waals surface area contributed by atoms with Gasteiger partial charge in [0.25, 0.3) is 5.91 Å². The van der Waals surface area contributed by atoms with Crippen molar-refractivity contribution < 1.29 is 9.53 Å². The summed E-state index contributed by atoms with van der Waals surface area (Å²) in [6.45, 7) is 12.7. The predicted octanol–water partition coefficient (Wildman–Crippen LogP) is 4.70. The molecule has 2 fully saturated rings. The summed E-state index contributed by atoms with van der Waals surface area (Å²) in [7, 11) is 0. The Morgan fingerprint density at radius 2 is 1.97 bits per heavy atom. The second-order valence-corrected chi connectivity index (χ2v) is 11.7. The largest absolute Gasteiger partial charge is 0.378 e. The summed E-state index contributed by atoms with van der Waals surface area (Å²) in [6.07, 6.45) is 3.48. The molecule has 3 aliphatic heterocycles. The van der Waals surface area contributed by atoms with Crippen molar-refractivity contribution in [3.63, 3.8) is 0 Å². The molecule has 2 saturated heterocycles. The Labute approximate surface area is 201 Å². The minimum atomic E-state index is 0.0636. The lowest BCUT2D eigenvalue weighted by Crippen LogP contribution is -2.41. The monoisotopic (exact) mass is 468 g/mol. The van der Waals surface area contributed by atoms with Crippen molar-refractivity contribution in [3.8, 4) is 11.3 Å². The minimum Gasteiger partial charge on any atom is -0.378 e. The van der Waals surface area contributed by atoms with E-state index in [4.69, 9.17) is 9.84 Å². The SMILES string of the molecule is CC(C)(C)CCN1CCCC(n2nc(C(=O)N3CCOCC3)c3c2-c2ccccc2SC3)C1. The number of ether oxygens (including phenoxy) is 1. The Hall–Kier alpha value is -1.83. The van der Waals surface area contributed by atoms with Gasteiger partial charge in [0, 0.05) is 41.4 Å². The van der Waals surface area contributed by atoms with E-state index in [1.54, 1.807) is 0 Å². The number of aromatic nitrogens is 2. The first-order valence-electron chi connectivity index (χ1n) is 12.3. The molecule has 33 heavy (non-hydrogen) atoms. The third kappa shape index (κ3) is 4.86. The van der Waals surface area contributed by atoms with Crippen LogP contribution in [0.15, 0.2) is 29.2 Å². The van der Waals surface area contributed by atoms with Crippen LogP contribution in [-0.4, -0.2) is 71.4 Å². The maximum atomic E-state index is 13.5.